The van der Waals surface area contributed by atoms with Crippen molar-refractivity contribution in [2.24, 2.45) is 5.92 Å². The third-order valence-electron chi connectivity index (χ3n) is 2.86. The van der Waals surface area contributed by atoms with E-state index in [4.69, 9.17) is 0 Å². The van der Waals surface area contributed by atoms with Gasteiger partial charge in [-0.1, -0.05) is 26.6 Å². The Hall–Kier alpha value is -0.113. The fraction of sp³-hybridized carbons (Fsp3) is 0.889. The van der Waals surface area contributed by atoms with Gasteiger partial charge in [-0.15, -0.1) is 0 Å². The molecule has 0 aliphatic heterocycles. The van der Waals surface area contributed by atoms with Gasteiger partial charge in [0.2, 0.25) is 0 Å². The minimum atomic E-state index is -1.03. The molecule has 64 valence electrons. The maximum atomic E-state index is 11.3. The predicted molar refractivity (Wildman–Crippen MR) is 50.5 cm³/mol. The van der Waals surface area contributed by atoms with Gasteiger partial charge in [0.1, 0.15) is 5.78 Å². The van der Waals surface area contributed by atoms with Gasteiger partial charge in [-0.2, -0.15) is 0 Å². The van der Waals surface area contributed by atoms with Gasteiger partial charge in [-0.3, -0.25) is 4.79 Å². The van der Waals surface area contributed by atoms with E-state index in [1.54, 1.807) is 0 Å². The van der Waals surface area contributed by atoms with Crippen LogP contribution in [0.1, 0.15) is 19.8 Å². The van der Waals surface area contributed by atoms with Crippen LogP contribution in [0.15, 0.2) is 0 Å². The van der Waals surface area contributed by atoms with Crippen molar-refractivity contribution < 1.29 is 4.79 Å². The van der Waals surface area contributed by atoms with Gasteiger partial charge in [0.25, 0.3) is 0 Å². The van der Waals surface area contributed by atoms with Crippen LogP contribution in [0.2, 0.25) is 25.2 Å². The quantitative estimate of drug-likeness (QED) is 0.553. The van der Waals surface area contributed by atoms with Crippen LogP contribution in [0, 0.1) is 5.92 Å². The van der Waals surface area contributed by atoms with Crippen LogP contribution in [-0.4, -0.2) is 13.9 Å². The highest BCUT2D eigenvalue weighted by molar-refractivity contribution is 6.77. The molecule has 1 aliphatic rings. The minimum Gasteiger partial charge on any atom is -0.299 e. The number of carbonyl (C=O) groups is 1. The Kier molecular flexibility index (Phi) is 2.24. The van der Waals surface area contributed by atoms with E-state index in [0.717, 1.165) is 18.4 Å². The van der Waals surface area contributed by atoms with Crippen LogP contribution in [0.4, 0.5) is 0 Å². The largest absolute Gasteiger partial charge is 0.299 e. The molecule has 2 heteroatoms. The second kappa shape index (κ2) is 2.74. The fourth-order valence-corrected chi connectivity index (χ4v) is 3.62. The monoisotopic (exact) mass is 170 g/mol. The molecule has 0 aromatic heterocycles. The molecule has 1 nitrogen and oxygen atoms in total. The molecular weight excluding hydrogens is 152 g/mol. The molecule has 0 bridgehead atoms. The SMILES string of the molecule is C[C@H]1C[C@@H]([Si](C)(C)C)CC1=O. The van der Waals surface area contributed by atoms with Crippen LogP contribution in [0.3, 0.4) is 0 Å². The zero-order valence-corrected chi connectivity index (χ0v) is 8.98. The van der Waals surface area contributed by atoms with Crippen molar-refractivity contribution in [3.05, 3.63) is 0 Å². The van der Waals surface area contributed by atoms with E-state index in [-0.39, 0.29) is 0 Å². The normalized spacial score (nSPS) is 32.9. The molecule has 0 unspecified atom stereocenters. The summed E-state index contributed by atoms with van der Waals surface area (Å²) in [6, 6.07) is 0. The smallest absolute Gasteiger partial charge is 0.135 e. The van der Waals surface area contributed by atoms with Crippen molar-refractivity contribution in [1.29, 1.82) is 0 Å². The van der Waals surface area contributed by atoms with Crippen LogP contribution in [0.5, 0.6) is 0 Å². The Morgan fingerprint density at radius 1 is 1.36 bits per heavy atom. The van der Waals surface area contributed by atoms with Gasteiger partial charge in [-0.05, 0) is 12.0 Å². The summed E-state index contributed by atoms with van der Waals surface area (Å²) in [7, 11) is -1.03. The van der Waals surface area contributed by atoms with Crippen molar-refractivity contribution in [1.82, 2.24) is 0 Å². The lowest BCUT2D eigenvalue weighted by molar-refractivity contribution is -0.120. The zero-order valence-electron chi connectivity index (χ0n) is 7.98. The summed E-state index contributed by atoms with van der Waals surface area (Å²) in [5.41, 5.74) is 0.755. The first-order valence-corrected chi connectivity index (χ1v) is 8.01. The Morgan fingerprint density at radius 2 is 1.91 bits per heavy atom. The van der Waals surface area contributed by atoms with Crippen molar-refractivity contribution in [2.45, 2.75) is 44.9 Å². The molecule has 0 amide bonds. The second-order valence-electron chi connectivity index (χ2n) is 4.87. The van der Waals surface area contributed by atoms with Crippen molar-refractivity contribution >= 4 is 13.9 Å². The highest BCUT2D eigenvalue weighted by Gasteiger charge is 2.37. The molecule has 1 rings (SSSR count). The van der Waals surface area contributed by atoms with Crippen molar-refractivity contribution in [3.8, 4) is 0 Å². The third-order valence-corrected chi connectivity index (χ3v) is 5.75. The molecule has 0 spiro atoms. The lowest BCUT2D eigenvalue weighted by Gasteiger charge is -2.23. The molecule has 2 atom stereocenters. The number of Topliss-reactive ketones (excluding diaryl/α,β-unsaturated/α-hetero) is 1. The molecule has 0 aromatic rings. The summed E-state index contributed by atoms with van der Waals surface area (Å²) < 4.78 is 0. The number of hydrogen-bond donors (Lipinski definition) is 0. The second-order valence-corrected chi connectivity index (χ2v) is 10.4. The Labute approximate surface area is 70.2 Å². The molecule has 1 fully saturated rings. The van der Waals surface area contributed by atoms with Gasteiger partial charge in [0, 0.05) is 20.4 Å². The first-order chi connectivity index (χ1) is 4.91. The molecule has 0 saturated heterocycles. The molecule has 1 aliphatic carbocycles. The molecule has 0 heterocycles. The average Bonchev–Trinajstić information content (AvgIpc) is 2.11. The highest BCUT2D eigenvalue weighted by Crippen LogP contribution is 2.39. The maximum Gasteiger partial charge on any atom is 0.135 e. The van der Waals surface area contributed by atoms with Crippen molar-refractivity contribution in [3.63, 3.8) is 0 Å². The van der Waals surface area contributed by atoms with E-state index < -0.39 is 8.07 Å². The van der Waals surface area contributed by atoms with Crippen LogP contribution in [0.25, 0.3) is 0 Å². The number of ketones is 1. The standard InChI is InChI=1S/C9H18OSi/c1-7-5-8(6-9(7)10)11(2,3)4/h7-8H,5-6H2,1-4H3/t7-,8+/m0/s1. The lowest BCUT2D eigenvalue weighted by atomic mass is 10.1. The van der Waals surface area contributed by atoms with Crippen LogP contribution in [-0.2, 0) is 4.79 Å². The molecule has 1 saturated carbocycles. The van der Waals surface area contributed by atoms with Gasteiger partial charge in [0.15, 0.2) is 0 Å². The molecular formula is C9H18OSi. The summed E-state index contributed by atoms with van der Waals surface area (Å²) >= 11 is 0. The van der Waals surface area contributed by atoms with Gasteiger partial charge < -0.3 is 0 Å². The third kappa shape index (κ3) is 1.92. The zero-order chi connectivity index (χ0) is 8.65. The van der Waals surface area contributed by atoms with Gasteiger partial charge in [0.05, 0.1) is 0 Å². The molecule has 0 radical (unpaired) electrons. The summed E-state index contributed by atoms with van der Waals surface area (Å²) in [4.78, 5) is 11.3. The van der Waals surface area contributed by atoms with E-state index in [0.29, 0.717) is 11.7 Å². The topological polar surface area (TPSA) is 17.1 Å². The number of rotatable bonds is 1. The molecule has 0 aromatic carbocycles. The first kappa shape index (κ1) is 8.98. The van der Waals surface area contributed by atoms with E-state index in [1.165, 1.54) is 0 Å². The van der Waals surface area contributed by atoms with Crippen LogP contribution >= 0.6 is 0 Å². The van der Waals surface area contributed by atoms with Gasteiger partial charge >= 0.3 is 0 Å². The van der Waals surface area contributed by atoms with Crippen LogP contribution < -0.4 is 0 Å². The summed E-state index contributed by atoms with van der Waals surface area (Å²) in [5, 5.41) is 0. The summed E-state index contributed by atoms with van der Waals surface area (Å²) in [6.45, 7) is 9.16. The minimum absolute atomic E-state index is 0.353. The molecule has 11 heavy (non-hydrogen) atoms. The Morgan fingerprint density at radius 3 is 2.09 bits per heavy atom. The van der Waals surface area contributed by atoms with E-state index in [1.807, 2.05) is 0 Å². The fourth-order valence-electron chi connectivity index (χ4n) is 1.75. The summed E-state index contributed by atoms with van der Waals surface area (Å²) in [6.07, 6.45) is 2.03. The highest BCUT2D eigenvalue weighted by atomic mass is 28.3. The first-order valence-electron chi connectivity index (χ1n) is 4.44. The van der Waals surface area contributed by atoms with E-state index >= 15 is 0 Å². The predicted octanol–water partition coefficient (Wildman–Crippen LogP) is 2.69. The number of carbonyl (C=O) groups excluding carboxylic acids is 1. The Bertz CT molecular complexity index is 169. The number of hydrogen-bond acceptors (Lipinski definition) is 1. The van der Waals surface area contributed by atoms with Gasteiger partial charge in [-0.25, -0.2) is 0 Å². The van der Waals surface area contributed by atoms with E-state index in [9.17, 15) is 4.79 Å². The maximum absolute atomic E-state index is 11.3. The lowest BCUT2D eigenvalue weighted by Crippen LogP contribution is -2.26. The average molecular weight is 170 g/mol. The molecule has 0 N–H and O–H groups in total. The summed E-state index contributed by atoms with van der Waals surface area (Å²) in [5.74, 6) is 0.851. The Balaban J connectivity index is 2.61. The van der Waals surface area contributed by atoms with Crippen molar-refractivity contribution in [2.75, 3.05) is 0 Å². The van der Waals surface area contributed by atoms with E-state index in [2.05, 4.69) is 26.6 Å².